The van der Waals surface area contributed by atoms with E-state index in [2.05, 4.69) is 15.9 Å². The van der Waals surface area contributed by atoms with Crippen LogP contribution in [0.2, 0.25) is 0 Å². The van der Waals surface area contributed by atoms with E-state index < -0.39 is 33.5 Å². The van der Waals surface area contributed by atoms with Crippen LogP contribution in [0.25, 0.3) is 0 Å². The van der Waals surface area contributed by atoms with Gasteiger partial charge in [-0.3, -0.25) is 4.79 Å². The fraction of sp³-hybridized carbons (Fsp3) is 0.222. The molecule has 0 aliphatic rings. The monoisotopic (exact) mass is 320 g/mol. The van der Waals surface area contributed by atoms with Crippen LogP contribution in [0.3, 0.4) is 0 Å². The Kier molecular flexibility index (Phi) is 3.56. The number of benzene rings is 1. The van der Waals surface area contributed by atoms with Crippen molar-refractivity contribution in [3.63, 3.8) is 0 Å². The summed E-state index contributed by atoms with van der Waals surface area (Å²) in [4.78, 5) is 10.5. The molecular weight excluding hydrogens is 318 g/mol. The SMILES string of the molecule is O=Cc1c(C(F)(F)F)ccc(C(F)(F)F)c1Br. The lowest BCUT2D eigenvalue weighted by atomic mass is 10.0. The molecule has 1 aromatic rings. The molecule has 0 radical (unpaired) electrons. The van der Waals surface area contributed by atoms with E-state index in [1.54, 1.807) is 0 Å². The lowest BCUT2D eigenvalue weighted by Gasteiger charge is -2.15. The van der Waals surface area contributed by atoms with Crippen LogP contribution in [-0.4, -0.2) is 6.29 Å². The highest BCUT2D eigenvalue weighted by Crippen LogP contribution is 2.41. The Morgan fingerprint density at radius 3 is 1.71 bits per heavy atom. The van der Waals surface area contributed by atoms with Gasteiger partial charge in [0, 0.05) is 10.0 Å². The lowest BCUT2D eigenvalue weighted by molar-refractivity contribution is -0.142. The number of carbonyl (C=O) groups is 1. The van der Waals surface area contributed by atoms with Crippen molar-refractivity contribution in [1.82, 2.24) is 0 Å². The molecule has 94 valence electrons. The molecule has 0 spiro atoms. The molecular formula is C9H3BrF6O. The molecule has 0 bridgehead atoms. The zero-order valence-electron chi connectivity index (χ0n) is 7.79. The van der Waals surface area contributed by atoms with Gasteiger partial charge in [0.2, 0.25) is 0 Å². The predicted molar refractivity (Wildman–Crippen MR) is 49.5 cm³/mol. The van der Waals surface area contributed by atoms with Gasteiger partial charge in [0.15, 0.2) is 6.29 Å². The topological polar surface area (TPSA) is 17.1 Å². The van der Waals surface area contributed by atoms with E-state index in [1.807, 2.05) is 0 Å². The van der Waals surface area contributed by atoms with Crippen molar-refractivity contribution < 1.29 is 31.1 Å². The van der Waals surface area contributed by atoms with Gasteiger partial charge < -0.3 is 0 Å². The van der Waals surface area contributed by atoms with Crippen molar-refractivity contribution >= 4 is 22.2 Å². The number of rotatable bonds is 1. The summed E-state index contributed by atoms with van der Waals surface area (Å²) >= 11 is 2.37. The van der Waals surface area contributed by atoms with E-state index >= 15 is 0 Å². The predicted octanol–water partition coefficient (Wildman–Crippen LogP) is 4.30. The molecule has 0 aromatic heterocycles. The lowest BCUT2D eigenvalue weighted by Crippen LogP contribution is -2.14. The first-order valence-electron chi connectivity index (χ1n) is 4.01. The van der Waals surface area contributed by atoms with Gasteiger partial charge in [-0.1, -0.05) is 0 Å². The number of hydrogen-bond donors (Lipinski definition) is 0. The molecule has 1 aromatic carbocycles. The Labute approximate surface area is 99.5 Å². The second kappa shape index (κ2) is 4.32. The molecule has 0 fully saturated rings. The van der Waals surface area contributed by atoms with Crippen LogP contribution in [0, 0.1) is 0 Å². The Morgan fingerprint density at radius 1 is 0.941 bits per heavy atom. The van der Waals surface area contributed by atoms with Crippen LogP contribution in [0.4, 0.5) is 26.3 Å². The summed E-state index contributed by atoms with van der Waals surface area (Å²) in [5, 5.41) is 0. The zero-order valence-corrected chi connectivity index (χ0v) is 9.37. The summed E-state index contributed by atoms with van der Waals surface area (Å²) in [7, 11) is 0. The minimum absolute atomic E-state index is 0.233. The Morgan fingerprint density at radius 2 is 1.35 bits per heavy atom. The molecule has 0 aliphatic carbocycles. The molecule has 1 nitrogen and oxygen atoms in total. The molecule has 0 saturated carbocycles. The van der Waals surface area contributed by atoms with Crippen molar-refractivity contribution in [2.45, 2.75) is 12.4 Å². The van der Waals surface area contributed by atoms with Crippen molar-refractivity contribution in [3.05, 3.63) is 33.3 Å². The third-order valence-electron chi connectivity index (χ3n) is 1.91. The van der Waals surface area contributed by atoms with Crippen LogP contribution in [0.5, 0.6) is 0 Å². The smallest absolute Gasteiger partial charge is 0.298 e. The van der Waals surface area contributed by atoms with Crippen LogP contribution < -0.4 is 0 Å². The minimum Gasteiger partial charge on any atom is -0.298 e. The molecule has 0 unspecified atom stereocenters. The van der Waals surface area contributed by atoms with Gasteiger partial charge in [0.1, 0.15) is 0 Å². The summed E-state index contributed by atoms with van der Waals surface area (Å²) in [5.74, 6) is 0. The van der Waals surface area contributed by atoms with E-state index in [1.165, 1.54) is 0 Å². The van der Waals surface area contributed by atoms with Crippen LogP contribution >= 0.6 is 15.9 Å². The van der Waals surface area contributed by atoms with Gasteiger partial charge in [-0.2, -0.15) is 26.3 Å². The highest BCUT2D eigenvalue weighted by molar-refractivity contribution is 9.10. The first-order chi connectivity index (χ1) is 7.59. The third kappa shape index (κ3) is 2.80. The highest BCUT2D eigenvalue weighted by Gasteiger charge is 2.39. The van der Waals surface area contributed by atoms with Crippen LogP contribution in [0.1, 0.15) is 21.5 Å². The fourth-order valence-corrected chi connectivity index (χ4v) is 1.84. The van der Waals surface area contributed by atoms with Crippen LogP contribution in [0.15, 0.2) is 16.6 Å². The average Bonchev–Trinajstić information content (AvgIpc) is 2.13. The molecule has 0 saturated heterocycles. The largest absolute Gasteiger partial charge is 0.417 e. The summed E-state index contributed by atoms with van der Waals surface area (Å²) in [6.07, 6.45) is -9.98. The molecule has 1 rings (SSSR count). The third-order valence-corrected chi connectivity index (χ3v) is 2.76. The molecule has 0 amide bonds. The van der Waals surface area contributed by atoms with E-state index in [9.17, 15) is 31.1 Å². The van der Waals surface area contributed by atoms with Gasteiger partial charge in [-0.05, 0) is 28.1 Å². The molecule has 8 heteroatoms. The van der Waals surface area contributed by atoms with Gasteiger partial charge in [-0.15, -0.1) is 0 Å². The fourth-order valence-electron chi connectivity index (χ4n) is 1.17. The maximum absolute atomic E-state index is 12.4. The van der Waals surface area contributed by atoms with E-state index in [4.69, 9.17) is 0 Å². The maximum Gasteiger partial charge on any atom is 0.417 e. The molecule has 17 heavy (non-hydrogen) atoms. The summed E-state index contributed by atoms with van der Waals surface area (Å²) < 4.78 is 73.3. The number of halogens is 7. The number of carbonyl (C=O) groups excluding carboxylic acids is 1. The second-order valence-electron chi connectivity index (χ2n) is 3.00. The standard InChI is InChI=1S/C9H3BrF6O/c10-7-4(3-17)5(8(11,12)13)1-2-6(7)9(14,15)16/h1-3H. The summed E-state index contributed by atoms with van der Waals surface area (Å²) in [5.41, 5.74) is -3.80. The van der Waals surface area contributed by atoms with Gasteiger partial charge in [-0.25, -0.2) is 0 Å². The quantitative estimate of drug-likeness (QED) is 0.557. The van der Waals surface area contributed by atoms with E-state index in [0.717, 1.165) is 0 Å². The molecule has 0 heterocycles. The second-order valence-corrected chi connectivity index (χ2v) is 3.79. The first-order valence-corrected chi connectivity index (χ1v) is 4.80. The van der Waals surface area contributed by atoms with E-state index in [-0.39, 0.29) is 18.4 Å². The molecule has 0 aliphatic heterocycles. The van der Waals surface area contributed by atoms with Gasteiger partial charge >= 0.3 is 12.4 Å². The normalized spacial score (nSPS) is 12.6. The Bertz CT molecular complexity index is 448. The number of alkyl halides is 6. The zero-order chi connectivity index (χ0) is 13.4. The number of hydrogen-bond acceptors (Lipinski definition) is 1. The van der Waals surface area contributed by atoms with Crippen LogP contribution in [-0.2, 0) is 12.4 Å². The maximum atomic E-state index is 12.4. The average molecular weight is 321 g/mol. The highest BCUT2D eigenvalue weighted by atomic mass is 79.9. The van der Waals surface area contributed by atoms with Gasteiger partial charge in [0.25, 0.3) is 0 Å². The Balaban J connectivity index is 3.54. The Hall–Kier alpha value is -1.05. The number of aldehydes is 1. The van der Waals surface area contributed by atoms with E-state index in [0.29, 0.717) is 0 Å². The van der Waals surface area contributed by atoms with Gasteiger partial charge in [0.05, 0.1) is 11.1 Å². The van der Waals surface area contributed by atoms with Crippen molar-refractivity contribution in [2.24, 2.45) is 0 Å². The summed E-state index contributed by atoms with van der Waals surface area (Å²) in [6.45, 7) is 0. The van der Waals surface area contributed by atoms with Crippen molar-refractivity contribution in [2.75, 3.05) is 0 Å². The molecule has 0 atom stereocenters. The molecule has 0 N–H and O–H groups in total. The van der Waals surface area contributed by atoms with Crippen molar-refractivity contribution in [3.8, 4) is 0 Å². The summed E-state index contributed by atoms with van der Waals surface area (Å²) in [6, 6.07) is 0.511. The first kappa shape index (κ1) is 14.0. The van der Waals surface area contributed by atoms with Crippen molar-refractivity contribution in [1.29, 1.82) is 0 Å². The minimum atomic E-state index is -4.89.